The Balaban J connectivity index is 1.72. The molecule has 1 unspecified atom stereocenters. The summed E-state index contributed by atoms with van der Waals surface area (Å²) in [5.74, 6) is -0.575. The number of carbonyl (C=O) groups is 2. The van der Waals surface area contributed by atoms with Crippen LogP contribution in [0.5, 0.6) is 5.75 Å². The molecule has 6 nitrogen and oxygen atoms in total. The molecule has 0 radical (unpaired) electrons. The van der Waals surface area contributed by atoms with Gasteiger partial charge in [-0.15, -0.1) is 0 Å². The Morgan fingerprint density at radius 1 is 1.26 bits per heavy atom. The molecular formula is C21H23NO5. The van der Waals surface area contributed by atoms with Crippen molar-refractivity contribution in [2.75, 3.05) is 13.2 Å². The first-order valence-electron chi connectivity index (χ1n) is 8.89. The Morgan fingerprint density at radius 3 is 2.67 bits per heavy atom. The molecule has 0 saturated carbocycles. The van der Waals surface area contributed by atoms with E-state index in [9.17, 15) is 9.59 Å². The van der Waals surface area contributed by atoms with Crippen LogP contribution in [-0.2, 0) is 15.1 Å². The Hall–Kier alpha value is -3.02. The van der Waals surface area contributed by atoms with E-state index in [1.807, 2.05) is 50.2 Å². The van der Waals surface area contributed by atoms with E-state index >= 15 is 0 Å². The summed E-state index contributed by atoms with van der Waals surface area (Å²) >= 11 is 0. The first-order chi connectivity index (χ1) is 12.9. The molecule has 1 amide bonds. The van der Waals surface area contributed by atoms with E-state index in [1.165, 1.54) is 0 Å². The van der Waals surface area contributed by atoms with E-state index < -0.39 is 18.2 Å². The number of cyclic esters (lactones) is 1. The second kappa shape index (κ2) is 7.70. The highest BCUT2D eigenvalue weighted by molar-refractivity contribution is 5.70. The Labute approximate surface area is 158 Å². The molecule has 6 heteroatoms. The predicted molar refractivity (Wildman–Crippen MR) is 99.6 cm³/mol. The summed E-state index contributed by atoms with van der Waals surface area (Å²) in [6.07, 6.45) is 0.319. The van der Waals surface area contributed by atoms with Crippen LogP contribution in [0.15, 0.2) is 54.6 Å². The summed E-state index contributed by atoms with van der Waals surface area (Å²) in [6.45, 7) is 4.01. The van der Waals surface area contributed by atoms with Crippen molar-refractivity contribution in [2.45, 2.75) is 31.9 Å². The number of carboxylic acids is 1. The molecule has 1 fully saturated rings. The highest BCUT2D eigenvalue weighted by atomic mass is 16.6. The van der Waals surface area contributed by atoms with Crippen LogP contribution in [0.1, 0.15) is 37.4 Å². The van der Waals surface area contributed by atoms with Gasteiger partial charge in [0.2, 0.25) is 0 Å². The van der Waals surface area contributed by atoms with Gasteiger partial charge in [0.15, 0.2) is 6.61 Å². The highest BCUT2D eigenvalue weighted by Crippen LogP contribution is 2.36. The maximum absolute atomic E-state index is 12.7. The lowest BCUT2D eigenvalue weighted by molar-refractivity contribution is -0.139. The van der Waals surface area contributed by atoms with Gasteiger partial charge in [-0.1, -0.05) is 42.5 Å². The van der Waals surface area contributed by atoms with Gasteiger partial charge >= 0.3 is 12.1 Å². The largest absolute Gasteiger partial charge is 0.482 e. The van der Waals surface area contributed by atoms with Crippen molar-refractivity contribution >= 4 is 12.1 Å². The van der Waals surface area contributed by atoms with Crippen molar-refractivity contribution in [3.8, 4) is 5.75 Å². The minimum Gasteiger partial charge on any atom is -0.482 e. The Bertz CT molecular complexity index is 822. The number of rotatable bonds is 6. The fourth-order valence-corrected chi connectivity index (χ4v) is 3.26. The normalized spacial score (nSPS) is 20.7. The third-order valence-electron chi connectivity index (χ3n) is 4.93. The molecule has 1 N–H and O–H groups in total. The molecule has 142 valence electrons. The first kappa shape index (κ1) is 18.8. The number of amides is 1. The van der Waals surface area contributed by atoms with Crippen LogP contribution in [-0.4, -0.2) is 35.2 Å². The third-order valence-corrected chi connectivity index (χ3v) is 4.93. The zero-order chi connectivity index (χ0) is 19.4. The number of hydrogen-bond acceptors (Lipinski definition) is 4. The van der Waals surface area contributed by atoms with Crippen LogP contribution < -0.4 is 4.74 Å². The van der Waals surface area contributed by atoms with Gasteiger partial charge in [-0.3, -0.25) is 0 Å². The standard InChI is InChI=1S/C21H23NO5/c1-15(16-7-6-10-18(13-16)26-14-19(23)24)22-12-11-21(2,27-20(22)25)17-8-4-3-5-9-17/h3-10,13,15H,11-12,14H2,1-2H3,(H,23,24)/t15-,21?/m0/s1. The van der Waals surface area contributed by atoms with Gasteiger partial charge < -0.3 is 19.5 Å². The van der Waals surface area contributed by atoms with Gasteiger partial charge in [0.25, 0.3) is 0 Å². The lowest BCUT2D eigenvalue weighted by Gasteiger charge is -2.41. The topological polar surface area (TPSA) is 76.1 Å². The van der Waals surface area contributed by atoms with Crippen LogP contribution >= 0.6 is 0 Å². The molecule has 1 aliphatic rings. The fraction of sp³-hybridized carbons (Fsp3) is 0.333. The summed E-state index contributed by atoms with van der Waals surface area (Å²) in [6, 6.07) is 16.6. The molecule has 2 aromatic carbocycles. The predicted octanol–water partition coefficient (Wildman–Crippen LogP) is 3.97. The van der Waals surface area contributed by atoms with Gasteiger partial charge in [-0.2, -0.15) is 0 Å². The van der Waals surface area contributed by atoms with Gasteiger partial charge in [-0.05, 0) is 37.1 Å². The average molecular weight is 369 g/mol. The zero-order valence-corrected chi connectivity index (χ0v) is 15.4. The van der Waals surface area contributed by atoms with Crippen molar-refractivity contribution in [3.05, 3.63) is 65.7 Å². The average Bonchev–Trinajstić information content (AvgIpc) is 2.67. The molecular weight excluding hydrogens is 346 g/mol. The molecule has 0 spiro atoms. The summed E-state index contributed by atoms with van der Waals surface area (Å²) in [5, 5.41) is 8.74. The number of benzene rings is 2. The summed E-state index contributed by atoms with van der Waals surface area (Å²) in [5.41, 5.74) is 1.20. The van der Waals surface area contributed by atoms with E-state index in [4.69, 9.17) is 14.6 Å². The minimum absolute atomic E-state index is 0.216. The molecule has 27 heavy (non-hydrogen) atoms. The van der Waals surface area contributed by atoms with Gasteiger partial charge in [0, 0.05) is 13.0 Å². The highest BCUT2D eigenvalue weighted by Gasteiger charge is 2.39. The number of carbonyl (C=O) groups excluding carboxylic acids is 1. The quantitative estimate of drug-likeness (QED) is 0.834. The van der Waals surface area contributed by atoms with Crippen molar-refractivity contribution in [3.63, 3.8) is 0 Å². The van der Waals surface area contributed by atoms with Crippen LogP contribution in [0.2, 0.25) is 0 Å². The molecule has 1 heterocycles. The van der Waals surface area contributed by atoms with Gasteiger partial charge in [-0.25, -0.2) is 9.59 Å². The summed E-state index contributed by atoms with van der Waals surface area (Å²) in [4.78, 5) is 25.0. The minimum atomic E-state index is -1.03. The van der Waals surface area contributed by atoms with Gasteiger partial charge in [0.1, 0.15) is 11.4 Å². The van der Waals surface area contributed by atoms with E-state index in [0.717, 1.165) is 11.1 Å². The second-order valence-electron chi connectivity index (χ2n) is 6.84. The van der Waals surface area contributed by atoms with Crippen molar-refractivity contribution < 1.29 is 24.2 Å². The molecule has 0 bridgehead atoms. The van der Waals surface area contributed by atoms with E-state index in [2.05, 4.69) is 0 Å². The smallest absolute Gasteiger partial charge is 0.411 e. The summed E-state index contributed by atoms with van der Waals surface area (Å²) in [7, 11) is 0. The summed E-state index contributed by atoms with van der Waals surface area (Å²) < 4.78 is 11.0. The number of ether oxygens (including phenoxy) is 2. The molecule has 3 rings (SSSR count). The monoisotopic (exact) mass is 369 g/mol. The Morgan fingerprint density at radius 2 is 2.00 bits per heavy atom. The van der Waals surface area contributed by atoms with Crippen molar-refractivity contribution in [1.29, 1.82) is 0 Å². The first-order valence-corrected chi connectivity index (χ1v) is 8.89. The van der Waals surface area contributed by atoms with Crippen LogP contribution in [0, 0.1) is 0 Å². The molecule has 2 aromatic rings. The van der Waals surface area contributed by atoms with Crippen LogP contribution in [0.25, 0.3) is 0 Å². The van der Waals surface area contributed by atoms with Crippen LogP contribution in [0.3, 0.4) is 0 Å². The number of carboxylic acid groups (broad SMARTS) is 1. The maximum atomic E-state index is 12.7. The lowest BCUT2D eigenvalue weighted by Crippen LogP contribution is -2.47. The SMILES string of the molecule is C[C@@H](c1cccc(OCC(=O)O)c1)N1CCC(C)(c2ccccc2)OC1=O. The maximum Gasteiger partial charge on any atom is 0.411 e. The molecule has 1 saturated heterocycles. The van der Waals surface area contributed by atoms with E-state index in [1.54, 1.807) is 23.1 Å². The molecule has 0 aromatic heterocycles. The van der Waals surface area contributed by atoms with Crippen molar-refractivity contribution in [2.24, 2.45) is 0 Å². The Kier molecular flexibility index (Phi) is 5.35. The molecule has 0 aliphatic carbocycles. The number of aliphatic carboxylic acids is 1. The second-order valence-corrected chi connectivity index (χ2v) is 6.84. The zero-order valence-electron chi connectivity index (χ0n) is 15.4. The van der Waals surface area contributed by atoms with Crippen LogP contribution in [0.4, 0.5) is 4.79 Å². The molecule has 2 atom stereocenters. The van der Waals surface area contributed by atoms with E-state index in [-0.39, 0.29) is 12.1 Å². The number of nitrogens with zero attached hydrogens (tertiary/aromatic N) is 1. The van der Waals surface area contributed by atoms with E-state index in [0.29, 0.717) is 18.7 Å². The molecule has 1 aliphatic heterocycles. The number of hydrogen-bond donors (Lipinski definition) is 1. The fourth-order valence-electron chi connectivity index (χ4n) is 3.26. The third kappa shape index (κ3) is 4.22. The van der Waals surface area contributed by atoms with Crippen molar-refractivity contribution in [1.82, 2.24) is 4.90 Å². The van der Waals surface area contributed by atoms with Gasteiger partial charge in [0.05, 0.1) is 6.04 Å². The lowest BCUT2D eigenvalue weighted by atomic mass is 9.90.